The number of aromatic nitrogens is 2. The van der Waals surface area contributed by atoms with E-state index in [4.69, 9.17) is 23.2 Å². The van der Waals surface area contributed by atoms with Crippen LogP contribution in [0.4, 0.5) is 10.8 Å². The van der Waals surface area contributed by atoms with Gasteiger partial charge in [-0.25, -0.2) is 0 Å². The quantitative estimate of drug-likeness (QED) is 0.511. The van der Waals surface area contributed by atoms with E-state index < -0.39 is 10.8 Å². The minimum absolute atomic E-state index is 0.152. The maximum atomic E-state index is 12.3. The lowest BCUT2D eigenvalue weighted by molar-refractivity contribution is -0.385. The van der Waals surface area contributed by atoms with Gasteiger partial charge in [0.05, 0.1) is 4.92 Å². The molecule has 3 aromatic rings. The first kappa shape index (κ1) is 17.3. The second-order valence-corrected chi connectivity index (χ2v) is 6.64. The fraction of sp³-hybridized carbons (Fsp3) is 0. The number of hydrogen-bond acceptors (Lipinski definition) is 6. The van der Waals surface area contributed by atoms with Gasteiger partial charge in [-0.2, -0.15) is 0 Å². The zero-order valence-corrected chi connectivity index (χ0v) is 14.6. The fourth-order valence-corrected chi connectivity index (χ4v) is 3.04. The summed E-state index contributed by atoms with van der Waals surface area (Å²) >= 11 is 12.8. The Labute approximate surface area is 155 Å². The number of rotatable bonds is 4. The third-order valence-electron chi connectivity index (χ3n) is 3.14. The SMILES string of the molecule is O=C(Nc1nnc(-c2ccc(Cl)cc2)s1)c1cc(Cl)ccc1[N+](=O)[O-]. The Bertz CT molecular complexity index is 960. The van der Waals surface area contributed by atoms with Gasteiger partial charge in [0.15, 0.2) is 0 Å². The van der Waals surface area contributed by atoms with Gasteiger partial charge in [-0.1, -0.05) is 46.7 Å². The van der Waals surface area contributed by atoms with Crippen LogP contribution in [-0.4, -0.2) is 21.0 Å². The molecule has 1 heterocycles. The number of amides is 1. The molecule has 1 amide bonds. The molecule has 10 heteroatoms. The van der Waals surface area contributed by atoms with Crippen molar-refractivity contribution in [1.29, 1.82) is 0 Å². The first-order valence-corrected chi connectivity index (χ1v) is 8.36. The van der Waals surface area contributed by atoms with Crippen molar-refractivity contribution in [1.82, 2.24) is 10.2 Å². The predicted molar refractivity (Wildman–Crippen MR) is 96.4 cm³/mol. The highest BCUT2D eigenvalue weighted by Crippen LogP contribution is 2.29. The summed E-state index contributed by atoms with van der Waals surface area (Å²) in [5.41, 5.74) is 0.293. The average molecular weight is 395 g/mol. The lowest BCUT2D eigenvalue weighted by Gasteiger charge is -2.03. The number of halogens is 2. The maximum Gasteiger partial charge on any atom is 0.282 e. The monoisotopic (exact) mass is 394 g/mol. The molecule has 1 aromatic heterocycles. The molecule has 0 aliphatic carbocycles. The van der Waals surface area contributed by atoms with Crippen LogP contribution in [0.25, 0.3) is 10.6 Å². The number of hydrogen-bond donors (Lipinski definition) is 1. The smallest absolute Gasteiger partial charge is 0.282 e. The molecular weight excluding hydrogens is 387 g/mol. The minimum Gasteiger partial charge on any atom is -0.296 e. The molecule has 2 aromatic carbocycles. The first-order valence-electron chi connectivity index (χ1n) is 6.79. The van der Waals surface area contributed by atoms with Crippen LogP contribution in [0.2, 0.25) is 10.0 Å². The zero-order chi connectivity index (χ0) is 18.0. The summed E-state index contributed by atoms with van der Waals surface area (Å²) in [7, 11) is 0. The van der Waals surface area contributed by atoms with E-state index >= 15 is 0 Å². The number of nitro benzene ring substituents is 1. The number of benzene rings is 2. The molecule has 1 N–H and O–H groups in total. The van der Waals surface area contributed by atoms with E-state index in [0.717, 1.165) is 16.9 Å². The minimum atomic E-state index is -0.687. The van der Waals surface area contributed by atoms with Crippen LogP contribution in [0.15, 0.2) is 42.5 Å². The Kier molecular flexibility index (Phi) is 4.93. The van der Waals surface area contributed by atoms with Crippen LogP contribution in [0, 0.1) is 10.1 Å². The van der Waals surface area contributed by atoms with Crippen molar-refractivity contribution >= 4 is 51.3 Å². The molecule has 25 heavy (non-hydrogen) atoms. The van der Waals surface area contributed by atoms with Crippen LogP contribution in [0.1, 0.15) is 10.4 Å². The third-order valence-corrected chi connectivity index (χ3v) is 4.51. The van der Waals surface area contributed by atoms with Crippen LogP contribution in [0.3, 0.4) is 0 Å². The van der Waals surface area contributed by atoms with Crippen molar-refractivity contribution < 1.29 is 9.72 Å². The Hall–Kier alpha value is -2.55. The largest absolute Gasteiger partial charge is 0.296 e. The van der Waals surface area contributed by atoms with Gasteiger partial charge in [-0.15, -0.1) is 10.2 Å². The lowest BCUT2D eigenvalue weighted by Crippen LogP contribution is -2.13. The van der Waals surface area contributed by atoms with E-state index in [1.54, 1.807) is 24.3 Å². The van der Waals surface area contributed by atoms with Gasteiger partial charge in [0.2, 0.25) is 5.13 Å². The number of carbonyl (C=O) groups excluding carboxylic acids is 1. The highest BCUT2D eigenvalue weighted by atomic mass is 35.5. The number of nitrogens with one attached hydrogen (secondary N) is 1. The summed E-state index contributed by atoms with van der Waals surface area (Å²) in [4.78, 5) is 22.7. The summed E-state index contributed by atoms with van der Waals surface area (Å²) in [6.45, 7) is 0. The molecule has 126 valence electrons. The normalized spacial score (nSPS) is 10.5. The fourth-order valence-electron chi connectivity index (χ4n) is 2.00. The van der Waals surface area contributed by atoms with Crippen molar-refractivity contribution in [3.05, 3.63) is 68.2 Å². The van der Waals surface area contributed by atoms with Crippen molar-refractivity contribution in [2.75, 3.05) is 5.32 Å². The number of nitrogens with zero attached hydrogens (tertiary/aromatic N) is 3. The van der Waals surface area contributed by atoms with Gasteiger partial charge in [-0.3, -0.25) is 20.2 Å². The van der Waals surface area contributed by atoms with Crippen molar-refractivity contribution in [2.24, 2.45) is 0 Å². The lowest BCUT2D eigenvalue weighted by atomic mass is 10.1. The van der Waals surface area contributed by atoms with E-state index in [0.29, 0.717) is 10.0 Å². The molecule has 0 aliphatic heterocycles. The molecule has 7 nitrogen and oxygen atoms in total. The Morgan fingerprint density at radius 1 is 1.08 bits per heavy atom. The van der Waals surface area contributed by atoms with Crippen LogP contribution >= 0.6 is 34.5 Å². The van der Waals surface area contributed by atoms with Crippen molar-refractivity contribution in [3.63, 3.8) is 0 Å². The second-order valence-electron chi connectivity index (χ2n) is 4.79. The van der Waals surface area contributed by atoms with Gasteiger partial charge in [0.1, 0.15) is 10.6 Å². The van der Waals surface area contributed by atoms with Crippen molar-refractivity contribution in [3.8, 4) is 10.6 Å². The summed E-state index contributed by atoms with van der Waals surface area (Å²) in [5.74, 6) is -0.687. The second kappa shape index (κ2) is 7.14. The molecule has 0 fully saturated rings. The molecule has 0 atom stereocenters. The van der Waals surface area contributed by atoms with Crippen LogP contribution in [0.5, 0.6) is 0 Å². The van der Waals surface area contributed by atoms with Gasteiger partial charge in [0, 0.05) is 21.7 Å². The molecule has 0 aliphatic rings. The molecule has 0 bridgehead atoms. The summed E-state index contributed by atoms with van der Waals surface area (Å²) in [6, 6.07) is 10.7. The Balaban J connectivity index is 1.84. The summed E-state index contributed by atoms with van der Waals surface area (Å²) in [5, 5.41) is 23.0. The molecular formula is C15H8Cl2N4O3S. The summed E-state index contributed by atoms with van der Waals surface area (Å²) < 4.78 is 0. The maximum absolute atomic E-state index is 12.3. The zero-order valence-electron chi connectivity index (χ0n) is 12.3. The van der Waals surface area contributed by atoms with E-state index in [9.17, 15) is 14.9 Å². The van der Waals surface area contributed by atoms with Crippen LogP contribution in [-0.2, 0) is 0 Å². The molecule has 3 rings (SSSR count). The highest BCUT2D eigenvalue weighted by Gasteiger charge is 2.21. The van der Waals surface area contributed by atoms with Gasteiger partial charge < -0.3 is 0 Å². The van der Waals surface area contributed by atoms with Gasteiger partial charge >= 0.3 is 0 Å². The molecule has 0 unspecified atom stereocenters. The molecule has 0 spiro atoms. The standard InChI is InChI=1S/C15H8Cl2N4O3S/c16-9-3-1-8(2-4-9)14-19-20-15(25-14)18-13(22)11-7-10(17)5-6-12(11)21(23)24/h1-7H,(H,18,20,22). The van der Waals surface area contributed by atoms with Gasteiger partial charge in [0.25, 0.3) is 11.6 Å². The average Bonchev–Trinajstić information content (AvgIpc) is 3.03. The molecule has 0 saturated heterocycles. The topological polar surface area (TPSA) is 98.0 Å². The van der Waals surface area contributed by atoms with Crippen LogP contribution < -0.4 is 5.32 Å². The Morgan fingerprint density at radius 3 is 2.44 bits per heavy atom. The van der Waals surface area contributed by atoms with E-state index in [1.807, 2.05) is 0 Å². The molecule has 0 radical (unpaired) electrons. The van der Waals surface area contributed by atoms with E-state index in [2.05, 4.69) is 15.5 Å². The van der Waals surface area contributed by atoms with E-state index in [-0.39, 0.29) is 21.4 Å². The third kappa shape index (κ3) is 3.93. The Morgan fingerprint density at radius 2 is 1.76 bits per heavy atom. The van der Waals surface area contributed by atoms with Gasteiger partial charge in [-0.05, 0) is 24.3 Å². The number of anilines is 1. The molecule has 0 saturated carbocycles. The number of carbonyl (C=O) groups is 1. The van der Waals surface area contributed by atoms with Crippen molar-refractivity contribution in [2.45, 2.75) is 0 Å². The van der Waals surface area contributed by atoms with E-state index in [1.165, 1.54) is 18.2 Å². The predicted octanol–water partition coefficient (Wildman–Crippen LogP) is 4.67. The summed E-state index contributed by atoms with van der Waals surface area (Å²) in [6.07, 6.45) is 0. The number of nitro groups is 1. The first-order chi connectivity index (χ1) is 11.9. The highest BCUT2D eigenvalue weighted by molar-refractivity contribution is 7.18.